The Morgan fingerprint density at radius 1 is 1.22 bits per heavy atom. The van der Waals surface area contributed by atoms with Crippen molar-refractivity contribution < 1.29 is 5.11 Å². The highest BCUT2D eigenvalue weighted by Gasteiger charge is 2.49. The van der Waals surface area contributed by atoms with Gasteiger partial charge in [0, 0.05) is 12.6 Å². The van der Waals surface area contributed by atoms with Crippen LogP contribution in [0.4, 0.5) is 0 Å². The molecular weight excluding hydrogens is 282 g/mol. The second-order valence-corrected chi connectivity index (χ2v) is 9.50. The standard InChI is InChI=1S/C21H31NO/c1-14-19-9-16-5-6-17(23)10-18(16)21(14,4)7-8-22(19)13-15-11-20(2,3)12-15/h5-6,10,14-15,19,23H,7-9,11-13H2,1-4H3/t14-,19+,21+/m0/s1. The van der Waals surface area contributed by atoms with Crippen molar-refractivity contribution in [3.63, 3.8) is 0 Å². The van der Waals surface area contributed by atoms with E-state index in [2.05, 4.69) is 38.7 Å². The Labute approximate surface area is 140 Å². The number of nitrogens with zero attached hydrogens (tertiary/aromatic N) is 1. The molecule has 1 saturated heterocycles. The molecule has 0 aromatic heterocycles. The van der Waals surface area contributed by atoms with Crippen LogP contribution in [0.1, 0.15) is 58.1 Å². The van der Waals surface area contributed by atoms with Crippen LogP contribution >= 0.6 is 0 Å². The van der Waals surface area contributed by atoms with Crippen LogP contribution in [0.25, 0.3) is 0 Å². The summed E-state index contributed by atoms with van der Waals surface area (Å²) in [5, 5.41) is 9.94. The van der Waals surface area contributed by atoms with E-state index in [1.165, 1.54) is 43.5 Å². The minimum Gasteiger partial charge on any atom is -0.508 e. The molecule has 0 unspecified atom stereocenters. The summed E-state index contributed by atoms with van der Waals surface area (Å²) in [6, 6.07) is 6.74. The summed E-state index contributed by atoms with van der Waals surface area (Å²) in [5.74, 6) is 2.00. The Morgan fingerprint density at radius 2 is 1.96 bits per heavy atom. The molecule has 1 saturated carbocycles. The van der Waals surface area contributed by atoms with Crippen molar-refractivity contribution in [3.8, 4) is 5.75 Å². The molecule has 23 heavy (non-hydrogen) atoms. The Kier molecular flexibility index (Phi) is 3.36. The van der Waals surface area contributed by atoms with Gasteiger partial charge in [-0.1, -0.05) is 33.8 Å². The Bertz CT molecular complexity index is 614. The molecule has 0 radical (unpaired) electrons. The summed E-state index contributed by atoms with van der Waals surface area (Å²) < 4.78 is 0. The Morgan fingerprint density at radius 3 is 2.65 bits per heavy atom. The minimum atomic E-state index is 0.229. The van der Waals surface area contributed by atoms with E-state index in [0.717, 1.165) is 12.3 Å². The maximum atomic E-state index is 9.94. The SMILES string of the molecule is C[C@H]1[C@H]2Cc3ccc(O)cc3[C@]1(C)CCN2CC1CC(C)(C)C1. The smallest absolute Gasteiger partial charge is 0.115 e. The molecule has 4 rings (SSSR count). The van der Waals surface area contributed by atoms with E-state index in [4.69, 9.17) is 0 Å². The number of piperidine rings is 1. The van der Waals surface area contributed by atoms with Gasteiger partial charge < -0.3 is 5.11 Å². The molecule has 2 bridgehead atoms. The number of phenols is 1. The number of fused-ring (bicyclic) bond motifs is 4. The fraction of sp³-hybridized carbons (Fsp3) is 0.714. The molecule has 1 N–H and O–H groups in total. The van der Waals surface area contributed by atoms with Gasteiger partial charge in [0.05, 0.1) is 0 Å². The molecule has 2 aliphatic carbocycles. The normalized spacial score (nSPS) is 36.3. The average Bonchev–Trinajstić information content (AvgIpc) is 2.45. The average molecular weight is 313 g/mol. The Hall–Kier alpha value is -1.02. The van der Waals surface area contributed by atoms with Crippen molar-refractivity contribution in [3.05, 3.63) is 29.3 Å². The van der Waals surface area contributed by atoms with Crippen LogP contribution in [-0.2, 0) is 11.8 Å². The largest absolute Gasteiger partial charge is 0.508 e. The van der Waals surface area contributed by atoms with Crippen molar-refractivity contribution in [1.82, 2.24) is 4.90 Å². The number of hydrogen-bond donors (Lipinski definition) is 1. The van der Waals surface area contributed by atoms with Gasteiger partial charge >= 0.3 is 0 Å². The first-order valence-electron chi connectivity index (χ1n) is 9.35. The van der Waals surface area contributed by atoms with Gasteiger partial charge in [0.25, 0.3) is 0 Å². The van der Waals surface area contributed by atoms with Gasteiger partial charge in [-0.3, -0.25) is 4.90 Å². The highest BCUT2D eigenvalue weighted by Crippen LogP contribution is 2.51. The number of phenolic OH excluding ortho intramolecular Hbond substituents is 1. The first kappa shape index (κ1) is 15.5. The maximum Gasteiger partial charge on any atom is 0.115 e. The molecule has 1 aliphatic heterocycles. The predicted molar refractivity (Wildman–Crippen MR) is 94.8 cm³/mol. The van der Waals surface area contributed by atoms with E-state index in [-0.39, 0.29) is 5.41 Å². The van der Waals surface area contributed by atoms with Crippen LogP contribution in [0.2, 0.25) is 0 Å². The molecule has 0 spiro atoms. The third kappa shape index (κ3) is 2.41. The van der Waals surface area contributed by atoms with Crippen LogP contribution in [0.15, 0.2) is 18.2 Å². The van der Waals surface area contributed by atoms with Crippen LogP contribution < -0.4 is 0 Å². The van der Waals surface area contributed by atoms with E-state index in [9.17, 15) is 5.11 Å². The van der Waals surface area contributed by atoms with E-state index < -0.39 is 0 Å². The summed E-state index contributed by atoms with van der Waals surface area (Å²) >= 11 is 0. The zero-order chi connectivity index (χ0) is 16.4. The minimum absolute atomic E-state index is 0.229. The monoisotopic (exact) mass is 313 g/mol. The van der Waals surface area contributed by atoms with Crippen molar-refractivity contribution >= 4 is 0 Å². The van der Waals surface area contributed by atoms with Crippen LogP contribution in [-0.4, -0.2) is 29.1 Å². The summed E-state index contributed by atoms with van der Waals surface area (Å²) in [6.45, 7) is 12.2. The molecule has 3 atom stereocenters. The van der Waals surface area contributed by atoms with Gasteiger partial charge in [-0.25, -0.2) is 0 Å². The lowest BCUT2D eigenvalue weighted by Gasteiger charge is -2.56. The van der Waals surface area contributed by atoms with Gasteiger partial charge in [-0.2, -0.15) is 0 Å². The van der Waals surface area contributed by atoms with E-state index >= 15 is 0 Å². The highest BCUT2D eigenvalue weighted by atomic mass is 16.3. The highest BCUT2D eigenvalue weighted by molar-refractivity contribution is 5.44. The molecule has 126 valence electrons. The second kappa shape index (κ2) is 4.99. The quantitative estimate of drug-likeness (QED) is 0.877. The molecule has 1 aromatic rings. The van der Waals surface area contributed by atoms with E-state index in [1.807, 2.05) is 12.1 Å². The number of likely N-dealkylation sites (tertiary alicyclic amines) is 1. The fourth-order valence-corrected chi connectivity index (χ4v) is 5.89. The van der Waals surface area contributed by atoms with E-state index in [1.54, 1.807) is 0 Å². The van der Waals surface area contributed by atoms with Crippen LogP contribution in [0.3, 0.4) is 0 Å². The zero-order valence-corrected chi connectivity index (χ0v) is 15.1. The van der Waals surface area contributed by atoms with Gasteiger partial charge in [-0.05, 0) is 78.2 Å². The zero-order valence-electron chi connectivity index (χ0n) is 15.1. The topological polar surface area (TPSA) is 23.5 Å². The lowest BCUT2D eigenvalue weighted by atomic mass is 9.58. The molecule has 0 amide bonds. The lowest BCUT2D eigenvalue weighted by molar-refractivity contribution is -0.0122. The first-order valence-corrected chi connectivity index (χ1v) is 9.35. The molecule has 3 aliphatic rings. The number of rotatable bonds is 2. The van der Waals surface area contributed by atoms with Crippen LogP contribution in [0.5, 0.6) is 5.75 Å². The summed E-state index contributed by atoms with van der Waals surface area (Å²) in [4.78, 5) is 2.79. The predicted octanol–water partition coefficient (Wildman–Crippen LogP) is 4.35. The third-order valence-corrected chi connectivity index (χ3v) is 7.28. The Balaban J connectivity index is 1.58. The maximum absolute atomic E-state index is 9.94. The molecule has 2 heteroatoms. The lowest BCUT2D eigenvalue weighted by Crippen LogP contribution is -2.59. The van der Waals surface area contributed by atoms with Gasteiger partial charge in [0.15, 0.2) is 0 Å². The number of benzene rings is 1. The van der Waals surface area contributed by atoms with Crippen molar-refractivity contribution in [1.29, 1.82) is 0 Å². The number of hydrogen-bond acceptors (Lipinski definition) is 2. The van der Waals surface area contributed by atoms with Gasteiger partial charge in [-0.15, -0.1) is 0 Å². The molecule has 2 fully saturated rings. The molecular formula is C21H31NO. The van der Waals surface area contributed by atoms with Crippen molar-refractivity contribution in [2.75, 3.05) is 13.1 Å². The molecule has 1 aromatic carbocycles. The summed E-state index contributed by atoms with van der Waals surface area (Å²) in [6.07, 6.45) is 5.17. The molecule has 2 nitrogen and oxygen atoms in total. The summed E-state index contributed by atoms with van der Waals surface area (Å²) in [5.41, 5.74) is 3.68. The van der Waals surface area contributed by atoms with E-state index in [0.29, 0.717) is 23.1 Å². The number of aromatic hydroxyl groups is 1. The third-order valence-electron chi connectivity index (χ3n) is 7.28. The fourth-order valence-electron chi connectivity index (χ4n) is 5.89. The van der Waals surface area contributed by atoms with Crippen molar-refractivity contribution in [2.24, 2.45) is 17.3 Å². The van der Waals surface area contributed by atoms with Crippen molar-refractivity contribution in [2.45, 2.75) is 64.8 Å². The van der Waals surface area contributed by atoms with Crippen LogP contribution in [0, 0.1) is 17.3 Å². The van der Waals surface area contributed by atoms with Gasteiger partial charge in [0.1, 0.15) is 5.75 Å². The summed E-state index contributed by atoms with van der Waals surface area (Å²) in [7, 11) is 0. The van der Waals surface area contributed by atoms with Gasteiger partial charge in [0.2, 0.25) is 0 Å². The molecule has 1 heterocycles. The first-order chi connectivity index (χ1) is 10.8. The second-order valence-electron chi connectivity index (χ2n) is 9.50.